The molecular formula is C47H36N4S. The molecule has 2 aliphatic heterocycles. The van der Waals surface area contributed by atoms with Gasteiger partial charge in [-0.1, -0.05) is 121 Å². The van der Waals surface area contributed by atoms with Crippen molar-refractivity contribution >= 4 is 45.7 Å². The second-order valence-electron chi connectivity index (χ2n) is 14.1. The van der Waals surface area contributed by atoms with Crippen LogP contribution in [0.3, 0.4) is 0 Å². The standard InChI is InChI=1S/C47H36N4S/c1-30-19-20-31(28-48)21-23-35(30)37-14-6-8-17-40(37)50-45-33(29-49)11-10-16-36(45)32-22-26-43-47(2,27-32)39-24-25-42-44(38-15-7-9-18-41(38)52-42)46(39)51(43)34-12-4-3-5-13-34/h3-27,31,38,41,43,50H,1-2H3. The average molecular weight is 689 g/mol. The fourth-order valence-electron chi connectivity index (χ4n) is 8.55. The Labute approximate surface area is 309 Å². The number of para-hydroxylation sites is 3. The Morgan fingerprint density at radius 2 is 1.58 bits per heavy atom. The number of benzene rings is 4. The summed E-state index contributed by atoms with van der Waals surface area (Å²) in [5.74, 6) is 0.0540. The van der Waals surface area contributed by atoms with Gasteiger partial charge in [-0.2, -0.15) is 10.5 Å². The minimum Gasteiger partial charge on any atom is -0.353 e. The van der Waals surface area contributed by atoms with Crippen LogP contribution < -0.4 is 10.2 Å². The zero-order chi connectivity index (χ0) is 35.4. The van der Waals surface area contributed by atoms with E-state index >= 15 is 0 Å². The molecule has 4 nitrogen and oxygen atoms in total. The number of thioether (sulfide) groups is 1. The lowest BCUT2D eigenvalue weighted by atomic mass is 9.72. The van der Waals surface area contributed by atoms with E-state index in [4.69, 9.17) is 0 Å². The SMILES string of the molecule is CC1=C(c2ccccc2Nc2c(C#N)cccc2C2=CC3(C)c4ccc5c(c4N(c4ccccc4)C3C=C2)C2C=CC=CC2S5)C=CC(C#N)C=C1. The highest BCUT2D eigenvalue weighted by atomic mass is 32.2. The van der Waals surface area contributed by atoms with Crippen LogP contribution in [0.4, 0.5) is 22.7 Å². The predicted molar refractivity (Wildman–Crippen MR) is 215 cm³/mol. The number of hydrogen-bond donors (Lipinski definition) is 1. The van der Waals surface area contributed by atoms with Crippen LogP contribution in [-0.4, -0.2) is 11.3 Å². The highest BCUT2D eigenvalue weighted by Gasteiger charge is 2.50. The summed E-state index contributed by atoms with van der Waals surface area (Å²) in [6, 6.07) is 34.6. The normalized spacial score (nSPS) is 24.7. The van der Waals surface area contributed by atoms with Crippen molar-refractivity contribution in [1.82, 2.24) is 0 Å². The first-order chi connectivity index (χ1) is 25.5. The first kappa shape index (κ1) is 31.9. The lowest BCUT2D eigenvalue weighted by Gasteiger charge is -2.36. The summed E-state index contributed by atoms with van der Waals surface area (Å²) in [6.07, 6.45) is 24.1. The largest absolute Gasteiger partial charge is 0.353 e. The molecule has 0 saturated carbocycles. The molecule has 4 aromatic rings. The van der Waals surface area contributed by atoms with E-state index in [0.29, 0.717) is 16.7 Å². The molecule has 5 unspecified atom stereocenters. The number of fused-ring (bicyclic) bond motifs is 7. The number of anilines is 4. The third-order valence-electron chi connectivity index (χ3n) is 11.1. The second kappa shape index (κ2) is 12.6. The van der Waals surface area contributed by atoms with E-state index in [-0.39, 0.29) is 17.4 Å². The van der Waals surface area contributed by atoms with Crippen LogP contribution in [0.1, 0.15) is 47.6 Å². The van der Waals surface area contributed by atoms with Gasteiger partial charge in [0.1, 0.15) is 6.07 Å². The third kappa shape index (κ3) is 5.04. The number of allylic oxidation sites excluding steroid dienone is 11. The topological polar surface area (TPSA) is 62.9 Å². The van der Waals surface area contributed by atoms with E-state index in [9.17, 15) is 10.5 Å². The molecule has 0 bridgehead atoms. The zero-order valence-electron chi connectivity index (χ0n) is 29.0. The van der Waals surface area contributed by atoms with E-state index in [1.807, 2.05) is 60.3 Å². The number of rotatable bonds is 5. The van der Waals surface area contributed by atoms with E-state index < -0.39 is 0 Å². The average Bonchev–Trinajstić information content (AvgIpc) is 3.61. The Hall–Kier alpha value is -6.01. The molecule has 0 aromatic heterocycles. The second-order valence-corrected chi connectivity index (χ2v) is 15.3. The molecule has 52 heavy (non-hydrogen) atoms. The fraction of sp³-hybridized carbons (Fsp3) is 0.149. The van der Waals surface area contributed by atoms with Gasteiger partial charge in [0.25, 0.3) is 0 Å². The van der Waals surface area contributed by atoms with Crippen molar-refractivity contribution in [2.45, 2.75) is 41.4 Å². The molecule has 0 fully saturated rings. The highest BCUT2D eigenvalue weighted by molar-refractivity contribution is 8.00. The summed E-state index contributed by atoms with van der Waals surface area (Å²) in [4.78, 5) is 3.93. The molecule has 0 saturated heterocycles. The van der Waals surface area contributed by atoms with Gasteiger partial charge in [-0.3, -0.25) is 0 Å². The molecule has 5 aliphatic rings. The Morgan fingerprint density at radius 1 is 0.788 bits per heavy atom. The summed E-state index contributed by atoms with van der Waals surface area (Å²) in [5, 5.41) is 24.2. The van der Waals surface area contributed by atoms with Gasteiger partial charge in [-0.15, -0.1) is 11.8 Å². The zero-order valence-corrected chi connectivity index (χ0v) is 29.8. The Bertz CT molecular complexity index is 2450. The van der Waals surface area contributed by atoms with E-state index in [1.165, 1.54) is 27.4 Å². The van der Waals surface area contributed by atoms with Gasteiger partial charge in [0.2, 0.25) is 0 Å². The Balaban J connectivity index is 1.17. The first-order valence-corrected chi connectivity index (χ1v) is 18.7. The number of nitrogens with one attached hydrogen (secondary N) is 1. The molecular weight excluding hydrogens is 653 g/mol. The minimum absolute atomic E-state index is 0.0748. The van der Waals surface area contributed by atoms with Gasteiger partial charge in [-0.25, -0.2) is 0 Å². The monoisotopic (exact) mass is 688 g/mol. The van der Waals surface area contributed by atoms with Crippen molar-refractivity contribution in [3.05, 3.63) is 185 Å². The summed E-state index contributed by atoms with van der Waals surface area (Å²) in [6.45, 7) is 4.45. The number of hydrogen-bond acceptors (Lipinski definition) is 5. The molecule has 0 spiro atoms. The summed E-state index contributed by atoms with van der Waals surface area (Å²) in [7, 11) is 0. The van der Waals surface area contributed by atoms with Gasteiger partial charge < -0.3 is 10.2 Å². The molecule has 250 valence electrons. The summed E-state index contributed by atoms with van der Waals surface area (Å²) >= 11 is 1.97. The molecule has 2 heterocycles. The van der Waals surface area contributed by atoms with Crippen LogP contribution in [0.25, 0.3) is 11.1 Å². The van der Waals surface area contributed by atoms with Crippen molar-refractivity contribution in [2.24, 2.45) is 5.92 Å². The van der Waals surface area contributed by atoms with Gasteiger partial charge >= 0.3 is 0 Å². The quantitative estimate of drug-likeness (QED) is 0.226. The predicted octanol–water partition coefficient (Wildman–Crippen LogP) is 11.5. The highest BCUT2D eigenvalue weighted by Crippen LogP contribution is 2.61. The summed E-state index contributed by atoms with van der Waals surface area (Å²) in [5.41, 5.74) is 12.4. The van der Waals surface area contributed by atoms with Gasteiger partial charge in [0.05, 0.1) is 35.0 Å². The molecule has 4 aromatic carbocycles. The van der Waals surface area contributed by atoms with Crippen LogP contribution in [0.15, 0.2) is 162 Å². The van der Waals surface area contributed by atoms with Crippen LogP contribution in [0, 0.1) is 28.6 Å². The van der Waals surface area contributed by atoms with E-state index in [2.05, 4.69) is 139 Å². The van der Waals surface area contributed by atoms with Crippen LogP contribution in [0.5, 0.6) is 0 Å². The molecule has 1 N–H and O–H groups in total. The van der Waals surface area contributed by atoms with E-state index in [1.54, 1.807) is 0 Å². The number of nitriles is 2. The Kier molecular flexibility index (Phi) is 7.76. The lowest BCUT2D eigenvalue weighted by molar-refractivity contribution is 0.553. The molecule has 3 aliphatic carbocycles. The number of nitrogens with zero attached hydrogens (tertiary/aromatic N) is 3. The van der Waals surface area contributed by atoms with Crippen molar-refractivity contribution < 1.29 is 0 Å². The van der Waals surface area contributed by atoms with Crippen LogP contribution in [-0.2, 0) is 5.41 Å². The molecule has 5 atom stereocenters. The first-order valence-electron chi connectivity index (χ1n) is 17.8. The van der Waals surface area contributed by atoms with Crippen molar-refractivity contribution in [2.75, 3.05) is 10.2 Å². The van der Waals surface area contributed by atoms with Gasteiger partial charge in [0, 0.05) is 44.0 Å². The third-order valence-corrected chi connectivity index (χ3v) is 12.4. The fourth-order valence-corrected chi connectivity index (χ4v) is 9.89. The molecule has 9 rings (SSSR count). The molecule has 5 heteroatoms. The van der Waals surface area contributed by atoms with Gasteiger partial charge in [0.15, 0.2) is 0 Å². The van der Waals surface area contributed by atoms with E-state index in [0.717, 1.165) is 39.2 Å². The summed E-state index contributed by atoms with van der Waals surface area (Å²) < 4.78 is 0. The maximum atomic E-state index is 10.4. The van der Waals surface area contributed by atoms with Gasteiger partial charge in [-0.05, 0) is 72.0 Å². The van der Waals surface area contributed by atoms with Crippen molar-refractivity contribution in [3.8, 4) is 12.1 Å². The Morgan fingerprint density at radius 3 is 2.42 bits per heavy atom. The maximum absolute atomic E-state index is 10.4. The van der Waals surface area contributed by atoms with Crippen LogP contribution >= 0.6 is 11.8 Å². The van der Waals surface area contributed by atoms with Crippen molar-refractivity contribution in [3.63, 3.8) is 0 Å². The van der Waals surface area contributed by atoms with Crippen molar-refractivity contribution in [1.29, 1.82) is 10.5 Å². The van der Waals surface area contributed by atoms with Crippen LogP contribution in [0.2, 0.25) is 0 Å². The molecule has 0 radical (unpaired) electrons. The minimum atomic E-state index is -0.338. The molecule has 0 amide bonds. The lowest BCUT2D eigenvalue weighted by Crippen LogP contribution is -2.39. The smallest absolute Gasteiger partial charge is 0.101 e. The maximum Gasteiger partial charge on any atom is 0.101 e.